The highest BCUT2D eigenvalue weighted by molar-refractivity contribution is 6.09. The number of anilines is 1. The Labute approximate surface area is 189 Å². The number of nitrogens with zero attached hydrogens (tertiary/aromatic N) is 3. The molecule has 0 fully saturated rings. The van der Waals surface area contributed by atoms with Crippen molar-refractivity contribution in [2.45, 2.75) is 12.5 Å². The molecular formula is C27H19N3O3. The number of amides is 1. The van der Waals surface area contributed by atoms with Crippen LogP contribution >= 0.6 is 0 Å². The highest BCUT2D eigenvalue weighted by Crippen LogP contribution is 2.46. The quantitative estimate of drug-likeness (QED) is 0.417. The number of phenolic OH excluding ortho intramolecular Hbond substituents is 1. The molecule has 0 aliphatic carbocycles. The van der Waals surface area contributed by atoms with Crippen molar-refractivity contribution in [2.75, 3.05) is 4.90 Å². The zero-order valence-corrected chi connectivity index (χ0v) is 17.6. The summed E-state index contributed by atoms with van der Waals surface area (Å²) in [5.74, 6) is -0.816. The third-order valence-electron chi connectivity index (χ3n) is 6.21. The Hall–Kier alpha value is -4.45. The van der Waals surface area contributed by atoms with Crippen molar-refractivity contribution in [1.29, 1.82) is 0 Å². The van der Waals surface area contributed by atoms with Crippen LogP contribution in [0.2, 0.25) is 0 Å². The van der Waals surface area contributed by atoms with Crippen molar-refractivity contribution in [2.24, 2.45) is 0 Å². The van der Waals surface area contributed by atoms with Gasteiger partial charge in [-0.3, -0.25) is 4.79 Å². The van der Waals surface area contributed by atoms with Gasteiger partial charge in [-0.15, -0.1) is 0 Å². The van der Waals surface area contributed by atoms with E-state index in [4.69, 9.17) is 4.63 Å². The number of rotatable bonds is 4. The van der Waals surface area contributed by atoms with Gasteiger partial charge in [-0.05, 0) is 50.8 Å². The first-order chi connectivity index (χ1) is 16.2. The lowest BCUT2D eigenvalue weighted by atomic mass is 9.91. The minimum Gasteiger partial charge on any atom is -0.508 e. The topological polar surface area (TPSA) is 79.5 Å². The number of aromatic nitrogens is 2. The summed E-state index contributed by atoms with van der Waals surface area (Å²) in [4.78, 5) is 15.7. The van der Waals surface area contributed by atoms with Crippen LogP contribution in [-0.4, -0.2) is 21.3 Å². The first-order valence-electron chi connectivity index (χ1n) is 10.7. The van der Waals surface area contributed by atoms with E-state index >= 15 is 0 Å². The Kier molecular flexibility index (Phi) is 4.43. The molecule has 4 aromatic carbocycles. The lowest BCUT2D eigenvalue weighted by Crippen LogP contribution is -2.29. The normalized spacial score (nSPS) is 15.2. The minimum atomic E-state index is -0.694. The molecule has 0 bridgehead atoms. The molecule has 1 unspecified atom stereocenters. The predicted octanol–water partition coefficient (Wildman–Crippen LogP) is 5.27. The molecular weight excluding hydrogens is 414 g/mol. The van der Waals surface area contributed by atoms with E-state index in [0.717, 1.165) is 27.9 Å². The maximum absolute atomic E-state index is 13.9. The number of carbonyl (C=O) groups excluding carboxylic acids is 1. The first kappa shape index (κ1) is 19.3. The van der Waals surface area contributed by atoms with Gasteiger partial charge in [0.1, 0.15) is 16.8 Å². The van der Waals surface area contributed by atoms with Gasteiger partial charge < -0.3 is 10.0 Å². The highest BCUT2D eigenvalue weighted by atomic mass is 16.6. The van der Waals surface area contributed by atoms with Crippen LogP contribution in [0.1, 0.15) is 22.6 Å². The largest absolute Gasteiger partial charge is 0.508 e. The minimum absolute atomic E-state index is 0.00195. The van der Waals surface area contributed by atoms with Gasteiger partial charge in [0.05, 0.1) is 12.5 Å². The molecule has 1 amide bonds. The lowest BCUT2D eigenvalue weighted by molar-refractivity contribution is -0.118. The second-order valence-electron chi connectivity index (χ2n) is 8.07. The van der Waals surface area contributed by atoms with Crippen molar-refractivity contribution >= 4 is 22.6 Å². The molecule has 0 spiro atoms. The number of hydrogen-bond acceptors (Lipinski definition) is 5. The van der Waals surface area contributed by atoms with Crippen LogP contribution in [0.5, 0.6) is 5.75 Å². The summed E-state index contributed by atoms with van der Waals surface area (Å²) in [7, 11) is 0. The van der Waals surface area contributed by atoms with Crippen molar-refractivity contribution in [3.05, 3.63) is 108 Å². The molecule has 1 atom stereocenters. The summed E-state index contributed by atoms with van der Waals surface area (Å²) < 4.78 is 4.89. The Morgan fingerprint density at radius 2 is 1.61 bits per heavy atom. The zero-order valence-electron chi connectivity index (χ0n) is 17.6. The molecule has 6 heteroatoms. The number of hydrogen-bond donors (Lipinski definition) is 1. The van der Waals surface area contributed by atoms with Crippen LogP contribution < -0.4 is 4.90 Å². The average molecular weight is 433 g/mol. The predicted molar refractivity (Wildman–Crippen MR) is 125 cm³/mol. The van der Waals surface area contributed by atoms with Crippen molar-refractivity contribution in [3.63, 3.8) is 0 Å². The highest BCUT2D eigenvalue weighted by Gasteiger charge is 2.41. The van der Waals surface area contributed by atoms with Crippen molar-refractivity contribution in [1.82, 2.24) is 10.3 Å². The number of carbonyl (C=O) groups is 1. The summed E-state index contributed by atoms with van der Waals surface area (Å²) in [6.45, 7) is 0.408. The Balaban J connectivity index is 1.47. The van der Waals surface area contributed by atoms with E-state index in [1.165, 1.54) is 6.07 Å². The number of fused-ring (bicyclic) bond motifs is 2. The molecule has 1 aromatic heterocycles. The van der Waals surface area contributed by atoms with Gasteiger partial charge >= 0.3 is 0 Å². The van der Waals surface area contributed by atoms with E-state index in [2.05, 4.69) is 28.5 Å². The Morgan fingerprint density at radius 1 is 0.848 bits per heavy atom. The molecule has 1 N–H and O–H groups in total. The summed E-state index contributed by atoms with van der Waals surface area (Å²) in [6.07, 6.45) is 0. The molecule has 160 valence electrons. The monoisotopic (exact) mass is 433 g/mol. The molecule has 0 radical (unpaired) electrons. The average Bonchev–Trinajstić information content (AvgIpc) is 3.43. The third-order valence-corrected chi connectivity index (χ3v) is 6.21. The maximum atomic E-state index is 13.9. The van der Waals surface area contributed by atoms with Crippen LogP contribution in [0.15, 0.2) is 95.6 Å². The van der Waals surface area contributed by atoms with Gasteiger partial charge in [-0.2, -0.15) is 0 Å². The molecule has 6 rings (SSSR count). The fourth-order valence-corrected chi connectivity index (χ4v) is 4.70. The number of phenols is 1. The van der Waals surface area contributed by atoms with Crippen molar-refractivity contribution in [3.8, 4) is 16.9 Å². The molecule has 5 aromatic rings. The van der Waals surface area contributed by atoms with E-state index in [9.17, 15) is 9.90 Å². The maximum Gasteiger partial charge on any atom is 0.239 e. The SMILES string of the molecule is O=C1C(c2c(O)ccc3nonc23)c2ccccc2N1Cc1ccccc1-c1ccccc1. The van der Waals surface area contributed by atoms with Gasteiger partial charge in [0.25, 0.3) is 0 Å². The van der Waals surface area contributed by atoms with Crippen molar-refractivity contribution < 1.29 is 14.5 Å². The van der Waals surface area contributed by atoms with E-state index in [1.807, 2.05) is 60.7 Å². The Bertz CT molecular complexity index is 1490. The van der Waals surface area contributed by atoms with Gasteiger partial charge in [0.2, 0.25) is 5.91 Å². The second kappa shape index (κ2) is 7.60. The molecule has 0 saturated carbocycles. The smallest absolute Gasteiger partial charge is 0.239 e. The second-order valence-corrected chi connectivity index (χ2v) is 8.07. The Morgan fingerprint density at radius 3 is 2.48 bits per heavy atom. The molecule has 2 heterocycles. The van der Waals surface area contributed by atoms with E-state index in [0.29, 0.717) is 23.1 Å². The number of benzene rings is 4. The van der Waals surface area contributed by atoms with Gasteiger partial charge in [0.15, 0.2) is 0 Å². The molecule has 1 aliphatic heterocycles. The summed E-state index contributed by atoms with van der Waals surface area (Å²) in [5, 5.41) is 18.6. The van der Waals surface area contributed by atoms with E-state index in [1.54, 1.807) is 11.0 Å². The fourth-order valence-electron chi connectivity index (χ4n) is 4.70. The van der Waals surface area contributed by atoms with Gasteiger partial charge in [0, 0.05) is 11.3 Å². The third kappa shape index (κ3) is 3.07. The fraction of sp³-hybridized carbons (Fsp3) is 0.0741. The van der Waals surface area contributed by atoms with Crippen LogP contribution in [0.25, 0.3) is 22.2 Å². The summed E-state index contributed by atoms with van der Waals surface area (Å²) in [5.41, 5.74) is 6.19. The van der Waals surface area contributed by atoms with Gasteiger partial charge in [-0.25, -0.2) is 4.63 Å². The first-order valence-corrected chi connectivity index (χ1v) is 10.7. The number of aromatic hydroxyl groups is 1. The van der Waals surface area contributed by atoms with Crippen LogP contribution in [-0.2, 0) is 11.3 Å². The molecule has 0 saturated heterocycles. The summed E-state index contributed by atoms with van der Waals surface area (Å²) in [6, 6.07) is 29.1. The molecule has 1 aliphatic rings. The lowest BCUT2D eigenvalue weighted by Gasteiger charge is -2.20. The van der Waals surface area contributed by atoms with E-state index in [-0.39, 0.29) is 11.7 Å². The van der Waals surface area contributed by atoms with Crippen LogP contribution in [0, 0.1) is 0 Å². The number of para-hydroxylation sites is 1. The molecule has 6 nitrogen and oxygen atoms in total. The summed E-state index contributed by atoms with van der Waals surface area (Å²) >= 11 is 0. The van der Waals surface area contributed by atoms with E-state index < -0.39 is 5.92 Å². The standard InChI is InChI=1S/C27H19N3O3/c31-23-15-14-21-26(29-33-28-21)25(23)24-20-12-6-7-13-22(20)30(27(24)32)16-18-10-4-5-11-19(18)17-8-2-1-3-9-17/h1-15,24,31H,16H2. The molecule has 33 heavy (non-hydrogen) atoms. The van der Waals surface area contributed by atoms with Crippen LogP contribution in [0.3, 0.4) is 0 Å². The van der Waals surface area contributed by atoms with Gasteiger partial charge in [-0.1, -0.05) is 72.8 Å². The van der Waals surface area contributed by atoms with Crippen LogP contribution in [0.4, 0.5) is 5.69 Å². The zero-order chi connectivity index (χ0) is 22.4.